The molecule has 1 aliphatic rings. The van der Waals surface area contributed by atoms with E-state index in [1.54, 1.807) is 0 Å². The van der Waals surface area contributed by atoms with E-state index < -0.39 is 29.7 Å². The van der Waals surface area contributed by atoms with Crippen molar-refractivity contribution in [3.63, 3.8) is 0 Å². The van der Waals surface area contributed by atoms with E-state index in [0.29, 0.717) is 11.3 Å². The van der Waals surface area contributed by atoms with E-state index in [1.807, 2.05) is 0 Å². The smallest absolute Gasteiger partial charge is 0.471 e. The SMILES string of the molecule is NC1Oc2cnccc2C1(N)c1ccc(F)c(OC(F)(F)F)c1. The predicted molar refractivity (Wildman–Crippen MR) is 70.9 cm³/mol. The number of hydrogen-bond acceptors (Lipinski definition) is 5. The molecule has 4 N–H and O–H groups in total. The third kappa shape index (κ3) is 2.57. The van der Waals surface area contributed by atoms with Crippen LogP contribution in [0.25, 0.3) is 0 Å². The van der Waals surface area contributed by atoms with Gasteiger partial charge in [-0.2, -0.15) is 0 Å². The van der Waals surface area contributed by atoms with E-state index in [2.05, 4.69) is 9.72 Å². The molecule has 2 atom stereocenters. The number of hydrogen-bond donors (Lipinski definition) is 2. The van der Waals surface area contributed by atoms with Gasteiger partial charge in [0.15, 0.2) is 17.8 Å². The van der Waals surface area contributed by atoms with Gasteiger partial charge in [0.25, 0.3) is 0 Å². The Bertz CT molecular complexity index is 753. The van der Waals surface area contributed by atoms with E-state index >= 15 is 0 Å². The molecule has 2 aromatic rings. The number of nitrogens with zero attached hydrogens (tertiary/aromatic N) is 1. The quantitative estimate of drug-likeness (QED) is 0.824. The van der Waals surface area contributed by atoms with Crippen LogP contribution in [-0.4, -0.2) is 17.6 Å². The molecule has 0 saturated heterocycles. The highest BCUT2D eigenvalue weighted by Crippen LogP contribution is 2.43. The molecule has 3 rings (SSSR count). The first-order valence-corrected chi connectivity index (χ1v) is 6.43. The minimum Gasteiger partial charge on any atom is -0.471 e. The van der Waals surface area contributed by atoms with Crippen LogP contribution < -0.4 is 20.9 Å². The maximum atomic E-state index is 13.6. The second-order valence-corrected chi connectivity index (χ2v) is 4.97. The van der Waals surface area contributed by atoms with Crippen LogP contribution in [0.3, 0.4) is 0 Å². The second-order valence-electron chi connectivity index (χ2n) is 4.97. The molecular formula is C14H11F4N3O2. The fourth-order valence-corrected chi connectivity index (χ4v) is 2.48. The molecule has 0 amide bonds. The molecule has 5 nitrogen and oxygen atoms in total. The Balaban J connectivity index is 2.10. The average Bonchev–Trinajstić information content (AvgIpc) is 2.73. The molecule has 0 radical (unpaired) electrons. The normalized spacial score (nSPS) is 23.3. The molecule has 23 heavy (non-hydrogen) atoms. The van der Waals surface area contributed by atoms with Crippen molar-refractivity contribution >= 4 is 0 Å². The van der Waals surface area contributed by atoms with E-state index in [9.17, 15) is 17.6 Å². The van der Waals surface area contributed by atoms with Crippen molar-refractivity contribution in [3.05, 3.63) is 53.6 Å². The lowest BCUT2D eigenvalue weighted by molar-refractivity contribution is -0.275. The van der Waals surface area contributed by atoms with Crippen LogP contribution in [0.15, 0.2) is 36.7 Å². The van der Waals surface area contributed by atoms with Crippen LogP contribution >= 0.6 is 0 Å². The summed E-state index contributed by atoms with van der Waals surface area (Å²) in [4.78, 5) is 3.86. The molecule has 1 aliphatic heterocycles. The van der Waals surface area contributed by atoms with Crippen LogP contribution in [0.4, 0.5) is 17.6 Å². The fourth-order valence-electron chi connectivity index (χ4n) is 2.48. The zero-order valence-electron chi connectivity index (χ0n) is 11.5. The summed E-state index contributed by atoms with van der Waals surface area (Å²) in [5, 5.41) is 0. The molecule has 9 heteroatoms. The Kier molecular flexibility index (Phi) is 3.42. The zero-order valence-corrected chi connectivity index (χ0v) is 11.5. The van der Waals surface area contributed by atoms with Gasteiger partial charge in [-0.3, -0.25) is 10.7 Å². The maximum Gasteiger partial charge on any atom is 0.573 e. The largest absolute Gasteiger partial charge is 0.573 e. The summed E-state index contributed by atoms with van der Waals surface area (Å²) >= 11 is 0. The third-order valence-corrected chi connectivity index (χ3v) is 3.57. The van der Waals surface area contributed by atoms with Crippen LogP contribution in [-0.2, 0) is 5.54 Å². The molecular weight excluding hydrogens is 318 g/mol. The van der Waals surface area contributed by atoms with Crippen molar-refractivity contribution in [3.8, 4) is 11.5 Å². The highest BCUT2D eigenvalue weighted by molar-refractivity contribution is 5.51. The number of rotatable bonds is 2. The topological polar surface area (TPSA) is 83.4 Å². The second kappa shape index (κ2) is 5.07. The molecule has 2 unspecified atom stereocenters. The van der Waals surface area contributed by atoms with Crippen LogP contribution in [0.5, 0.6) is 11.5 Å². The number of aromatic nitrogens is 1. The summed E-state index contributed by atoms with van der Waals surface area (Å²) in [6.07, 6.45) is -3.28. The Morgan fingerprint density at radius 3 is 2.70 bits per heavy atom. The first-order chi connectivity index (χ1) is 10.7. The standard InChI is InChI=1S/C14H11F4N3O2/c15-9-2-1-7(5-10(9)23-14(16,17)18)13(20)8-3-4-21-6-11(8)22-12(13)19/h1-6,12H,19-20H2. The minimum absolute atomic E-state index is 0.121. The van der Waals surface area contributed by atoms with Gasteiger partial charge < -0.3 is 15.2 Å². The lowest BCUT2D eigenvalue weighted by Crippen LogP contribution is -2.52. The highest BCUT2D eigenvalue weighted by atomic mass is 19.4. The van der Waals surface area contributed by atoms with Gasteiger partial charge in [-0.15, -0.1) is 13.2 Å². The van der Waals surface area contributed by atoms with Gasteiger partial charge >= 0.3 is 6.36 Å². The lowest BCUT2D eigenvalue weighted by Gasteiger charge is -2.28. The maximum absolute atomic E-state index is 13.6. The molecule has 0 spiro atoms. The molecule has 0 bridgehead atoms. The third-order valence-electron chi connectivity index (χ3n) is 3.57. The predicted octanol–water partition coefficient (Wildman–Crippen LogP) is 2.00. The Morgan fingerprint density at radius 1 is 1.26 bits per heavy atom. The number of alkyl halides is 3. The summed E-state index contributed by atoms with van der Waals surface area (Å²) in [5.41, 5.74) is 11.3. The minimum atomic E-state index is -5.03. The summed E-state index contributed by atoms with van der Waals surface area (Å²) in [7, 11) is 0. The molecule has 0 saturated carbocycles. The van der Waals surface area contributed by atoms with E-state index in [1.165, 1.54) is 24.5 Å². The Morgan fingerprint density at radius 2 is 2.00 bits per heavy atom. The lowest BCUT2D eigenvalue weighted by atomic mass is 9.84. The van der Waals surface area contributed by atoms with Gasteiger partial charge in [-0.05, 0) is 23.8 Å². The highest BCUT2D eigenvalue weighted by Gasteiger charge is 2.46. The van der Waals surface area contributed by atoms with Gasteiger partial charge in [0, 0.05) is 11.8 Å². The summed E-state index contributed by atoms with van der Waals surface area (Å²) in [5.74, 6) is -1.85. The van der Waals surface area contributed by atoms with Crippen LogP contribution in [0.1, 0.15) is 11.1 Å². The summed E-state index contributed by atoms with van der Waals surface area (Å²) in [6.45, 7) is 0. The van der Waals surface area contributed by atoms with Crippen molar-refractivity contribution in [1.29, 1.82) is 0 Å². The Labute approximate surface area is 127 Å². The van der Waals surface area contributed by atoms with Crippen LogP contribution in [0, 0.1) is 5.82 Å². The van der Waals surface area contributed by atoms with Crippen molar-refractivity contribution < 1.29 is 27.0 Å². The first kappa shape index (κ1) is 15.5. The number of benzene rings is 1. The summed E-state index contributed by atoms with van der Waals surface area (Å²) < 4.78 is 59.7. The number of pyridine rings is 1. The van der Waals surface area contributed by atoms with Gasteiger partial charge in [0.05, 0.1) is 6.20 Å². The van der Waals surface area contributed by atoms with Crippen molar-refractivity contribution in [2.24, 2.45) is 11.5 Å². The van der Waals surface area contributed by atoms with Gasteiger partial charge in [0.2, 0.25) is 0 Å². The molecule has 2 heterocycles. The number of halogens is 4. The van der Waals surface area contributed by atoms with Crippen molar-refractivity contribution in [2.75, 3.05) is 0 Å². The van der Waals surface area contributed by atoms with E-state index in [-0.39, 0.29) is 5.56 Å². The Hall–Kier alpha value is -2.39. The van der Waals surface area contributed by atoms with Gasteiger partial charge in [0.1, 0.15) is 11.3 Å². The van der Waals surface area contributed by atoms with Gasteiger partial charge in [-0.25, -0.2) is 4.39 Å². The van der Waals surface area contributed by atoms with Crippen molar-refractivity contribution in [1.82, 2.24) is 4.98 Å². The zero-order chi connectivity index (χ0) is 16.8. The molecule has 0 fully saturated rings. The number of nitrogens with two attached hydrogens (primary N) is 2. The van der Waals surface area contributed by atoms with Crippen LogP contribution in [0.2, 0.25) is 0 Å². The molecule has 0 aliphatic carbocycles. The van der Waals surface area contributed by atoms with Gasteiger partial charge in [-0.1, -0.05) is 6.07 Å². The molecule has 122 valence electrons. The average molecular weight is 329 g/mol. The number of fused-ring (bicyclic) bond motifs is 1. The fraction of sp³-hybridized carbons (Fsp3) is 0.214. The van der Waals surface area contributed by atoms with E-state index in [4.69, 9.17) is 16.2 Å². The monoisotopic (exact) mass is 329 g/mol. The number of ether oxygens (including phenoxy) is 2. The molecule has 1 aromatic carbocycles. The van der Waals surface area contributed by atoms with Crippen molar-refractivity contribution in [2.45, 2.75) is 18.1 Å². The summed E-state index contributed by atoms with van der Waals surface area (Å²) in [6, 6.07) is 4.46. The van der Waals surface area contributed by atoms with E-state index in [0.717, 1.165) is 12.1 Å². The first-order valence-electron chi connectivity index (χ1n) is 6.43. The molecule has 1 aromatic heterocycles.